The Labute approximate surface area is 161 Å². The van der Waals surface area contributed by atoms with Gasteiger partial charge in [-0.25, -0.2) is 18.7 Å². The van der Waals surface area contributed by atoms with Crippen LogP contribution in [-0.2, 0) is 0 Å². The predicted molar refractivity (Wildman–Crippen MR) is 101 cm³/mol. The van der Waals surface area contributed by atoms with Gasteiger partial charge in [-0.05, 0) is 42.8 Å². The number of carbonyl (C=O) groups is 1. The van der Waals surface area contributed by atoms with Gasteiger partial charge in [-0.2, -0.15) is 0 Å². The molecular formula is C19H20ClF2N3O2. The van der Waals surface area contributed by atoms with Gasteiger partial charge >= 0.3 is 0 Å². The van der Waals surface area contributed by atoms with Gasteiger partial charge in [0.2, 0.25) is 0 Å². The highest BCUT2D eigenvalue weighted by molar-refractivity contribution is 6.30. The van der Waals surface area contributed by atoms with Gasteiger partial charge in [0.1, 0.15) is 12.0 Å². The van der Waals surface area contributed by atoms with Crippen molar-refractivity contribution < 1.29 is 18.7 Å². The number of aromatic nitrogens is 2. The summed E-state index contributed by atoms with van der Waals surface area (Å²) < 4.78 is 28.1. The molecule has 27 heavy (non-hydrogen) atoms. The molecule has 0 saturated heterocycles. The second-order valence-corrected chi connectivity index (χ2v) is 6.46. The largest absolute Gasteiger partial charge is 0.396 e. The van der Waals surface area contributed by atoms with Crippen LogP contribution in [0.15, 0.2) is 30.7 Å². The van der Waals surface area contributed by atoms with Gasteiger partial charge in [0.25, 0.3) is 0 Å². The van der Waals surface area contributed by atoms with E-state index in [-0.39, 0.29) is 36.5 Å². The zero-order valence-electron chi connectivity index (χ0n) is 14.8. The van der Waals surface area contributed by atoms with Crippen molar-refractivity contribution in [3.63, 3.8) is 0 Å². The Hall–Kier alpha value is -2.38. The number of halogens is 3. The number of aliphatic hydroxyl groups excluding tert-OH is 1. The number of benzene rings is 1. The summed E-state index contributed by atoms with van der Waals surface area (Å²) in [7, 11) is 1.69. The Morgan fingerprint density at radius 3 is 2.63 bits per heavy atom. The van der Waals surface area contributed by atoms with Crippen molar-refractivity contribution in [1.29, 1.82) is 0 Å². The molecule has 0 radical (unpaired) electrons. The molecule has 0 aliphatic heterocycles. The normalized spacial score (nSPS) is 12.3. The first-order valence-corrected chi connectivity index (χ1v) is 8.72. The van der Waals surface area contributed by atoms with Gasteiger partial charge in [-0.3, -0.25) is 4.79 Å². The van der Waals surface area contributed by atoms with Crippen LogP contribution in [0.4, 0.5) is 8.78 Å². The number of hydrogen-bond acceptors (Lipinski definition) is 5. The van der Waals surface area contributed by atoms with E-state index in [9.17, 15) is 13.6 Å². The molecule has 0 saturated carbocycles. The van der Waals surface area contributed by atoms with E-state index in [2.05, 4.69) is 9.97 Å². The molecule has 1 atom stereocenters. The molecule has 0 bridgehead atoms. The number of hydrogen-bond donors (Lipinski definition) is 1. The van der Waals surface area contributed by atoms with Crippen LogP contribution in [0.3, 0.4) is 0 Å². The zero-order valence-corrected chi connectivity index (χ0v) is 15.5. The molecule has 0 aliphatic rings. The first-order valence-electron chi connectivity index (χ1n) is 8.34. The first kappa shape index (κ1) is 20.9. The van der Waals surface area contributed by atoms with Gasteiger partial charge in [0.05, 0.1) is 10.6 Å². The monoisotopic (exact) mass is 395 g/mol. The Morgan fingerprint density at radius 1 is 1.30 bits per heavy atom. The third-order valence-electron chi connectivity index (χ3n) is 3.83. The highest BCUT2D eigenvalue weighted by Crippen LogP contribution is 2.24. The number of rotatable bonds is 9. The standard InChI is InChI=1S/C19H20ClF2N3O2/c1-25(11-16(21)3-2-6-26)5-4-13-7-17(18(22)8-14(13)12-27)19-23-9-15(20)10-24-19/h4-5,7-10,12,16,26H,2-3,6,11H2,1H3/b5-4-. The number of aldehydes is 1. The number of aliphatic hydroxyl groups is 1. The van der Waals surface area contributed by atoms with Crippen molar-refractivity contribution in [2.45, 2.75) is 19.0 Å². The molecule has 0 aliphatic carbocycles. The van der Waals surface area contributed by atoms with Crippen LogP contribution in [-0.4, -0.2) is 52.6 Å². The summed E-state index contributed by atoms with van der Waals surface area (Å²) in [6.45, 7) is 0.0923. The molecule has 1 N–H and O–H groups in total. The smallest absolute Gasteiger partial charge is 0.162 e. The lowest BCUT2D eigenvalue weighted by Gasteiger charge is -2.17. The van der Waals surface area contributed by atoms with Gasteiger partial charge in [-0.15, -0.1) is 0 Å². The number of carbonyl (C=O) groups excluding carboxylic acids is 1. The lowest BCUT2D eigenvalue weighted by atomic mass is 10.0. The minimum Gasteiger partial charge on any atom is -0.396 e. The van der Waals surface area contributed by atoms with Crippen LogP contribution in [0.2, 0.25) is 5.02 Å². The lowest BCUT2D eigenvalue weighted by Crippen LogP contribution is -2.22. The van der Waals surface area contributed by atoms with E-state index in [1.54, 1.807) is 24.2 Å². The summed E-state index contributed by atoms with van der Waals surface area (Å²) in [4.78, 5) is 20.9. The van der Waals surface area contributed by atoms with Crippen molar-refractivity contribution in [2.24, 2.45) is 0 Å². The third kappa shape index (κ3) is 6.08. The Balaban J connectivity index is 2.23. The predicted octanol–water partition coefficient (Wildman–Crippen LogP) is 3.76. The van der Waals surface area contributed by atoms with Crippen LogP contribution in [0.1, 0.15) is 28.8 Å². The molecule has 0 spiro atoms. The fourth-order valence-electron chi connectivity index (χ4n) is 2.46. The molecule has 2 rings (SSSR count). The van der Waals surface area contributed by atoms with Crippen molar-refractivity contribution in [3.8, 4) is 11.4 Å². The van der Waals surface area contributed by atoms with Crippen LogP contribution < -0.4 is 0 Å². The third-order valence-corrected chi connectivity index (χ3v) is 4.03. The van der Waals surface area contributed by atoms with E-state index in [1.807, 2.05) is 0 Å². The van der Waals surface area contributed by atoms with Crippen LogP contribution in [0.5, 0.6) is 0 Å². The maximum absolute atomic E-state index is 14.3. The summed E-state index contributed by atoms with van der Waals surface area (Å²) >= 11 is 5.75. The van der Waals surface area contributed by atoms with Gasteiger partial charge in [-0.1, -0.05) is 11.6 Å². The molecule has 1 aromatic carbocycles. The average molecular weight is 396 g/mol. The molecule has 1 heterocycles. The quantitative estimate of drug-likeness (QED) is 0.655. The molecular weight excluding hydrogens is 376 g/mol. The Bertz CT molecular complexity index is 800. The second-order valence-electron chi connectivity index (χ2n) is 6.02. The molecule has 1 unspecified atom stereocenters. The minimum absolute atomic E-state index is 0.0478. The summed E-state index contributed by atoms with van der Waals surface area (Å²) in [6, 6.07) is 2.57. The SMILES string of the molecule is CN(/C=C\c1cc(-c2ncc(Cl)cn2)c(F)cc1C=O)CC(F)CCCO. The molecule has 2 aromatic rings. The van der Waals surface area contributed by atoms with E-state index in [0.717, 1.165) is 6.07 Å². The van der Waals surface area contributed by atoms with Crippen LogP contribution in [0, 0.1) is 5.82 Å². The second kappa shape index (κ2) is 10.1. The van der Waals surface area contributed by atoms with Crippen molar-refractivity contribution >= 4 is 24.0 Å². The maximum atomic E-state index is 14.3. The Morgan fingerprint density at radius 2 is 2.00 bits per heavy atom. The summed E-state index contributed by atoms with van der Waals surface area (Å²) in [5, 5.41) is 9.07. The van der Waals surface area contributed by atoms with Crippen molar-refractivity contribution in [2.75, 3.05) is 20.2 Å². The van der Waals surface area contributed by atoms with Crippen LogP contribution >= 0.6 is 11.6 Å². The zero-order chi connectivity index (χ0) is 19.8. The minimum atomic E-state index is -1.08. The molecule has 8 heteroatoms. The highest BCUT2D eigenvalue weighted by Gasteiger charge is 2.13. The fraction of sp³-hybridized carbons (Fsp3) is 0.316. The summed E-state index contributed by atoms with van der Waals surface area (Å²) in [6.07, 6.45) is 6.05. The molecule has 144 valence electrons. The number of nitrogens with zero attached hydrogens (tertiary/aromatic N) is 3. The number of alkyl halides is 1. The van der Waals surface area contributed by atoms with Crippen LogP contribution in [0.25, 0.3) is 17.5 Å². The molecule has 0 fully saturated rings. The maximum Gasteiger partial charge on any atom is 0.162 e. The van der Waals surface area contributed by atoms with Gasteiger partial charge in [0.15, 0.2) is 12.1 Å². The highest BCUT2D eigenvalue weighted by atomic mass is 35.5. The van der Waals surface area contributed by atoms with E-state index < -0.39 is 12.0 Å². The van der Waals surface area contributed by atoms with E-state index in [1.165, 1.54) is 18.5 Å². The summed E-state index contributed by atoms with van der Waals surface area (Å²) in [5.74, 6) is -0.483. The van der Waals surface area contributed by atoms with Crippen molar-refractivity contribution in [1.82, 2.24) is 14.9 Å². The van der Waals surface area contributed by atoms with E-state index >= 15 is 0 Å². The van der Waals surface area contributed by atoms with Gasteiger partial charge < -0.3 is 10.0 Å². The lowest BCUT2D eigenvalue weighted by molar-refractivity contribution is 0.112. The molecule has 0 amide bonds. The van der Waals surface area contributed by atoms with E-state index in [4.69, 9.17) is 16.7 Å². The average Bonchev–Trinajstić information content (AvgIpc) is 2.65. The Kier molecular flexibility index (Phi) is 7.82. The van der Waals surface area contributed by atoms with Crippen molar-refractivity contribution in [3.05, 3.63) is 52.7 Å². The topological polar surface area (TPSA) is 66.3 Å². The van der Waals surface area contributed by atoms with E-state index in [0.29, 0.717) is 23.3 Å². The molecule has 5 nitrogen and oxygen atoms in total. The fourth-order valence-corrected chi connectivity index (χ4v) is 2.56. The molecule has 1 aromatic heterocycles. The summed E-state index contributed by atoms with van der Waals surface area (Å²) in [5.41, 5.74) is 0.746. The first-order chi connectivity index (χ1) is 12.9. The van der Waals surface area contributed by atoms with Gasteiger partial charge in [0, 0.05) is 38.2 Å².